The van der Waals surface area contributed by atoms with E-state index in [1.807, 2.05) is 55.4 Å². The number of aliphatic hydroxyl groups is 1. The molecular formula is C37H59N3O4S. The predicted molar refractivity (Wildman–Crippen MR) is 186 cm³/mol. The van der Waals surface area contributed by atoms with Crippen molar-refractivity contribution in [2.75, 3.05) is 70.6 Å². The maximum absolute atomic E-state index is 14.1. The molecule has 45 heavy (non-hydrogen) atoms. The third-order valence-corrected chi connectivity index (χ3v) is 12.0. The first-order valence-electron chi connectivity index (χ1n) is 17.5. The lowest BCUT2D eigenvalue weighted by atomic mass is 9.68. The number of hydrogen-bond donors (Lipinski definition) is 1. The van der Waals surface area contributed by atoms with Gasteiger partial charge in [-0.15, -0.1) is 0 Å². The first-order valence-corrected chi connectivity index (χ1v) is 19.2. The zero-order valence-corrected chi connectivity index (χ0v) is 29.5. The van der Waals surface area contributed by atoms with E-state index in [4.69, 9.17) is 4.74 Å². The second kappa shape index (κ2) is 16.6. The molecule has 1 fully saturated rings. The molecule has 0 saturated carbocycles. The van der Waals surface area contributed by atoms with Gasteiger partial charge in [0.15, 0.2) is 9.84 Å². The van der Waals surface area contributed by atoms with E-state index in [1.54, 1.807) is 6.07 Å². The van der Waals surface area contributed by atoms with Crippen molar-refractivity contribution >= 4 is 15.5 Å². The highest BCUT2D eigenvalue weighted by molar-refractivity contribution is 7.91. The van der Waals surface area contributed by atoms with Crippen LogP contribution in [0.15, 0.2) is 47.4 Å². The summed E-state index contributed by atoms with van der Waals surface area (Å²) in [6.07, 6.45) is 7.65. The van der Waals surface area contributed by atoms with Crippen LogP contribution < -0.4 is 9.64 Å². The van der Waals surface area contributed by atoms with Crippen molar-refractivity contribution in [3.63, 3.8) is 0 Å². The van der Waals surface area contributed by atoms with E-state index in [9.17, 15) is 13.5 Å². The molecule has 0 bridgehead atoms. The highest BCUT2D eigenvalue weighted by Crippen LogP contribution is 2.50. The van der Waals surface area contributed by atoms with Crippen molar-refractivity contribution in [2.45, 2.75) is 95.5 Å². The van der Waals surface area contributed by atoms with Crippen molar-refractivity contribution in [3.05, 3.63) is 53.6 Å². The zero-order valence-electron chi connectivity index (χ0n) is 28.6. The van der Waals surface area contributed by atoms with Gasteiger partial charge in [0.2, 0.25) is 0 Å². The number of piperazine rings is 1. The number of fused-ring (bicyclic) bond motifs is 1. The molecule has 7 nitrogen and oxygen atoms in total. The molecule has 2 aromatic carbocycles. The number of benzene rings is 2. The fourth-order valence-corrected chi connectivity index (χ4v) is 9.53. The monoisotopic (exact) mass is 641 g/mol. The molecule has 252 valence electrons. The summed E-state index contributed by atoms with van der Waals surface area (Å²) in [5.41, 5.74) is 1.86. The lowest BCUT2D eigenvalue weighted by Crippen LogP contribution is -2.46. The Labute approximate surface area is 273 Å². The van der Waals surface area contributed by atoms with Crippen LogP contribution in [0.2, 0.25) is 0 Å². The van der Waals surface area contributed by atoms with E-state index in [-0.39, 0.29) is 5.75 Å². The van der Waals surface area contributed by atoms with Crippen LogP contribution >= 0.6 is 0 Å². The number of unbranched alkanes of at least 4 members (excludes halogenated alkanes) is 3. The largest absolute Gasteiger partial charge is 0.494 e. The average Bonchev–Trinajstić information content (AvgIpc) is 3.10. The number of nitrogens with zero attached hydrogens (tertiary/aromatic N) is 3. The van der Waals surface area contributed by atoms with Gasteiger partial charge in [-0.3, -0.25) is 0 Å². The molecule has 0 spiro atoms. The fourth-order valence-electron chi connectivity index (χ4n) is 7.34. The molecule has 2 aliphatic heterocycles. The van der Waals surface area contributed by atoms with Gasteiger partial charge in [-0.25, -0.2) is 8.42 Å². The molecule has 1 saturated heterocycles. The minimum absolute atomic E-state index is 0.0123. The van der Waals surface area contributed by atoms with Crippen LogP contribution in [0.1, 0.15) is 95.6 Å². The van der Waals surface area contributed by atoms with Gasteiger partial charge in [0, 0.05) is 57.3 Å². The highest BCUT2D eigenvalue weighted by atomic mass is 32.2. The molecule has 2 aromatic rings. The van der Waals surface area contributed by atoms with Gasteiger partial charge in [-0.05, 0) is 86.7 Å². The number of rotatable bonds is 16. The standard InChI is InChI=1S/C37H59N3O4S/c1-6-9-19-37(20-10-7-2)29-45(42,43)34-18-15-31(38(4)5)28-33(34)35(36(37)41)30-13-16-32(17-14-30)44-27-12-11-22-40-25-23-39(21-8-3)24-26-40/h13-18,28,35-36,41H,6-12,19-27,29H2,1-5H3/t35-,36-/m1/s1. The summed E-state index contributed by atoms with van der Waals surface area (Å²) in [4.78, 5) is 7.48. The topological polar surface area (TPSA) is 73.3 Å². The minimum Gasteiger partial charge on any atom is -0.494 e. The summed E-state index contributed by atoms with van der Waals surface area (Å²) in [5, 5.41) is 12.4. The second-order valence-electron chi connectivity index (χ2n) is 13.7. The van der Waals surface area contributed by atoms with Crippen LogP contribution in [0.4, 0.5) is 5.69 Å². The Kier molecular flexibility index (Phi) is 13.2. The van der Waals surface area contributed by atoms with Crippen LogP contribution in [0.25, 0.3) is 0 Å². The lowest BCUT2D eigenvalue weighted by Gasteiger charge is -2.40. The Hall–Kier alpha value is -2.13. The Morgan fingerprint density at radius 2 is 1.47 bits per heavy atom. The summed E-state index contributed by atoms with van der Waals surface area (Å²) >= 11 is 0. The molecule has 2 aliphatic rings. The number of ether oxygens (including phenoxy) is 1. The van der Waals surface area contributed by atoms with Crippen LogP contribution in [0.3, 0.4) is 0 Å². The molecule has 2 heterocycles. The van der Waals surface area contributed by atoms with Gasteiger partial charge < -0.3 is 24.5 Å². The molecule has 8 heteroatoms. The van der Waals surface area contributed by atoms with Gasteiger partial charge >= 0.3 is 0 Å². The fraction of sp³-hybridized carbons (Fsp3) is 0.676. The van der Waals surface area contributed by atoms with Gasteiger partial charge in [0.1, 0.15) is 5.75 Å². The SMILES string of the molecule is CCCCC1(CCCC)CS(=O)(=O)c2ccc(N(C)C)cc2[C@@H](c2ccc(OCCCCN3CCN(CCC)CC3)cc2)[C@H]1O. The van der Waals surface area contributed by atoms with Crippen molar-refractivity contribution < 1.29 is 18.3 Å². The second-order valence-corrected chi connectivity index (χ2v) is 15.6. The summed E-state index contributed by atoms with van der Waals surface area (Å²) in [5.74, 6) is 0.354. The minimum atomic E-state index is -3.61. The first kappa shape index (κ1) is 35.7. The average molecular weight is 642 g/mol. The summed E-state index contributed by atoms with van der Waals surface area (Å²) < 4.78 is 34.3. The number of hydrogen-bond acceptors (Lipinski definition) is 7. The highest BCUT2D eigenvalue weighted by Gasteiger charge is 2.49. The number of sulfone groups is 1. The summed E-state index contributed by atoms with van der Waals surface area (Å²) in [6.45, 7) is 14.2. The molecule has 0 aliphatic carbocycles. The molecular weight excluding hydrogens is 582 g/mol. The van der Waals surface area contributed by atoms with Crippen LogP contribution in [0.5, 0.6) is 5.75 Å². The Bertz CT molecular complexity index is 1280. The van der Waals surface area contributed by atoms with Crippen molar-refractivity contribution in [3.8, 4) is 5.75 Å². The maximum Gasteiger partial charge on any atom is 0.179 e. The number of anilines is 1. The van der Waals surface area contributed by atoms with Gasteiger partial charge in [-0.1, -0.05) is 58.6 Å². The van der Waals surface area contributed by atoms with Gasteiger partial charge in [0.25, 0.3) is 0 Å². The smallest absolute Gasteiger partial charge is 0.179 e. The molecule has 0 amide bonds. The molecule has 0 aromatic heterocycles. The van der Waals surface area contributed by atoms with Gasteiger partial charge in [0.05, 0.1) is 23.4 Å². The number of aliphatic hydroxyl groups excluding tert-OH is 1. The van der Waals surface area contributed by atoms with E-state index < -0.39 is 27.3 Å². The van der Waals surface area contributed by atoms with Gasteiger partial charge in [-0.2, -0.15) is 0 Å². The molecule has 2 atom stereocenters. The first-order chi connectivity index (χ1) is 21.6. The van der Waals surface area contributed by atoms with E-state index in [2.05, 4.69) is 30.6 Å². The lowest BCUT2D eigenvalue weighted by molar-refractivity contribution is 0.0127. The van der Waals surface area contributed by atoms with E-state index >= 15 is 0 Å². The van der Waals surface area contributed by atoms with E-state index in [1.165, 1.54) is 26.1 Å². The van der Waals surface area contributed by atoms with E-state index in [0.29, 0.717) is 29.9 Å². The Morgan fingerprint density at radius 1 is 0.844 bits per heavy atom. The van der Waals surface area contributed by atoms with Crippen LogP contribution in [-0.4, -0.2) is 95.2 Å². The quantitative estimate of drug-likeness (QED) is 0.208. The summed E-state index contributed by atoms with van der Waals surface area (Å²) in [7, 11) is 0.315. The third-order valence-electron chi connectivity index (χ3n) is 10.0. The maximum atomic E-state index is 14.1. The Morgan fingerprint density at radius 3 is 2.04 bits per heavy atom. The third kappa shape index (κ3) is 9.03. The normalized spacial score (nSPS) is 21.6. The van der Waals surface area contributed by atoms with Crippen molar-refractivity contribution in [2.24, 2.45) is 5.41 Å². The van der Waals surface area contributed by atoms with Crippen molar-refractivity contribution in [1.29, 1.82) is 0 Å². The zero-order chi connectivity index (χ0) is 32.5. The molecule has 4 rings (SSSR count). The molecule has 0 unspecified atom stereocenters. The predicted octanol–water partition coefficient (Wildman–Crippen LogP) is 6.59. The summed E-state index contributed by atoms with van der Waals surface area (Å²) in [6, 6.07) is 13.7. The van der Waals surface area contributed by atoms with Crippen molar-refractivity contribution in [1.82, 2.24) is 9.80 Å². The molecule has 0 radical (unpaired) electrons. The molecule has 1 N–H and O–H groups in total. The van der Waals surface area contributed by atoms with Crippen LogP contribution in [-0.2, 0) is 9.84 Å². The Balaban J connectivity index is 1.52. The van der Waals surface area contributed by atoms with E-state index in [0.717, 1.165) is 75.2 Å². The van der Waals surface area contributed by atoms with Crippen LogP contribution in [0, 0.1) is 5.41 Å².